The maximum absolute atomic E-state index is 11.2. The van der Waals surface area contributed by atoms with Crippen molar-refractivity contribution < 1.29 is 4.79 Å². The van der Waals surface area contributed by atoms with Gasteiger partial charge in [0.05, 0.1) is 10.6 Å². The summed E-state index contributed by atoms with van der Waals surface area (Å²) in [5.74, 6) is 0.255. The molecule has 3 heterocycles. The molecule has 2 aliphatic heterocycles. The maximum Gasteiger partial charge on any atom is 0.250 e. The first kappa shape index (κ1) is 16.5. The molecule has 7 heteroatoms. The van der Waals surface area contributed by atoms with Crippen LogP contribution in [0.15, 0.2) is 12.3 Å². The monoisotopic (exact) mass is 337 g/mol. The number of aromatic nitrogens is 1. The third kappa shape index (κ3) is 3.59. The number of carbonyl (C=O) groups is 1. The lowest BCUT2D eigenvalue weighted by molar-refractivity contribution is 0.1000. The van der Waals surface area contributed by atoms with Crippen molar-refractivity contribution in [2.75, 3.05) is 50.7 Å². The number of hydrogen-bond acceptors (Lipinski definition) is 5. The van der Waals surface area contributed by atoms with E-state index in [4.69, 9.17) is 17.3 Å². The minimum absolute atomic E-state index is 0.352. The predicted molar refractivity (Wildman–Crippen MR) is 92.1 cm³/mol. The average molecular weight is 338 g/mol. The Morgan fingerprint density at radius 3 is 2.70 bits per heavy atom. The average Bonchev–Trinajstić information content (AvgIpc) is 3.04. The van der Waals surface area contributed by atoms with Crippen molar-refractivity contribution in [3.8, 4) is 0 Å². The van der Waals surface area contributed by atoms with Crippen molar-refractivity contribution >= 4 is 23.3 Å². The molecular weight excluding hydrogens is 314 g/mol. The molecule has 2 fully saturated rings. The maximum atomic E-state index is 11.2. The zero-order valence-corrected chi connectivity index (χ0v) is 14.3. The van der Waals surface area contributed by atoms with Gasteiger partial charge in [0.1, 0.15) is 5.82 Å². The van der Waals surface area contributed by atoms with E-state index in [2.05, 4.69) is 26.6 Å². The van der Waals surface area contributed by atoms with Gasteiger partial charge >= 0.3 is 0 Å². The summed E-state index contributed by atoms with van der Waals surface area (Å²) < 4.78 is 0. The molecule has 1 unspecified atom stereocenters. The predicted octanol–water partition coefficient (Wildman–Crippen LogP) is 1.05. The summed E-state index contributed by atoms with van der Waals surface area (Å²) in [7, 11) is 0. The van der Waals surface area contributed by atoms with Crippen LogP contribution >= 0.6 is 11.6 Å². The molecule has 1 amide bonds. The van der Waals surface area contributed by atoms with Crippen LogP contribution in [0.3, 0.4) is 0 Å². The van der Waals surface area contributed by atoms with Gasteiger partial charge in [0.15, 0.2) is 0 Å². The number of anilines is 1. The third-order valence-electron chi connectivity index (χ3n) is 4.94. The standard InChI is InChI=1S/C16H24ClN5O/c1-2-20-5-7-21(8-6-20)13-3-4-22(11-13)16-14(17)9-12(10-19-16)15(18)23/h9-10,13H,2-8,11H2,1H3,(H2,18,23). The summed E-state index contributed by atoms with van der Waals surface area (Å²) in [4.78, 5) is 22.8. The van der Waals surface area contributed by atoms with Crippen LogP contribution in [0.5, 0.6) is 0 Å². The summed E-state index contributed by atoms with van der Waals surface area (Å²) in [6.45, 7) is 9.81. The van der Waals surface area contributed by atoms with Crippen LogP contribution in [0.4, 0.5) is 5.82 Å². The van der Waals surface area contributed by atoms with Crippen LogP contribution in [0.25, 0.3) is 0 Å². The molecule has 2 N–H and O–H groups in total. The Kier molecular flexibility index (Phi) is 5.04. The normalized spacial score (nSPS) is 23.4. The summed E-state index contributed by atoms with van der Waals surface area (Å²) in [6.07, 6.45) is 2.64. The highest BCUT2D eigenvalue weighted by Crippen LogP contribution is 2.28. The minimum atomic E-state index is -0.501. The molecule has 6 nitrogen and oxygen atoms in total. The first-order valence-electron chi connectivity index (χ1n) is 8.25. The SMILES string of the molecule is CCN1CCN(C2CCN(c3ncc(C(N)=O)cc3Cl)C2)CC1. The molecule has 0 radical (unpaired) electrons. The molecule has 0 aliphatic carbocycles. The van der Waals surface area contributed by atoms with Gasteiger partial charge in [-0.1, -0.05) is 18.5 Å². The molecule has 1 aromatic rings. The van der Waals surface area contributed by atoms with Crippen molar-refractivity contribution in [1.82, 2.24) is 14.8 Å². The Labute approximate surface area is 142 Å². The van der Waals surface area contributed by atoms with E-state index in [0.29, 0.717) is 16.6 Å². The molecule has 1 aromatic heterocycles. The number of amides is 1. The first-order valence-corrected chi connectivity index (χ1v) is 8.63. The van der Waals surface area contributed by atoms with Crippen LogP contribution in [0.2, 0.25) is 5.02 Å². The summed E-state index contributed by atoms with van der Waals surface area (Å²) >= 11 is 6.29. The highest BCUT2D eigenvalue weighted by atomic mass is 35.5. The Bertz CT molecular complexity index is 574. The summed E-state index contributed by atoms with van der Waals surface area (Å²) in [5, 5.41) is 0.498. The van der Waals surface area contributed by atoms with E-state index in [1.807, 2.05) is 0 Å². The fraction of sp³-hybridized carbons (Fsp3) is 0.625. The van der Waals surface area contributed by atoms with Gasteiger partial charge in [0, 0.05) is 51.5 Å². The Hall–Kier alpha value is -1.37. The Morgan fingerprint density at radius 1 is 1.35 bits per heavy atom. The van der Waals surface area contributed by atoms with Gasteiger partial charge in [-0.3, -0.25) is 9.69 Å². The van der Waals surface area contributed by atoms with E-state index >= 15 is 0 Å². The molecule has 0 aromatic carbocycles. The van der Waals surface area contributed by atoms with Crippen molar-refractivity contribution in [2.24, 2.45) is 5.73 Å². The van der Waals surface area contributed by atoms with Crippen molar-refractivity contribution in [2.45, 2.75) is 19.4 Å². The fourth-order valence-corrected chi connectivity index (χ4v) is 3.76. The van der Waals surface area contributed by atoms with Gasteiger partial charge in [-0.25, -0.2) is 4.98 Å². The first-order chi connectivity index (χ1) is 11.1. The van der Waals surface area contributed by atoms with Crippen molar-refractivity contribution in [1.29, 1.82) is 0 Å². The molecule has 0 bridgehead atoms. The highest BCUT2D eigenvalue weighted by Gasteiger charge is 2.31. The van der Waals surface area contributed by atoms with Crippen LogP contribution in [0.1, 0.15) is 23.7 Å². The van der Waals surface area contributed by atoms with Crippen LogP contribution in [-0.4, -0.2) is 72.5 Å². The van der Waals surface area contributed by atoms with Gasteiger partial charge in [-0.05, 0) is 19.0 Å². The minimum Gasteiger partial charge on any atom is -0.366 e. The molecule has 0 spiro atoms. The van der Waals surface area contributed by atoms with E-state index in [1.54, 1.807) is 6.07 Å². The molecule has 2 aliphatic rings. The lowest BCUT2D eigenvalue weighted by Gasteiger charge is -2.37. The van der Waals surface area contributed by atoms with Gasteiger partial charge in [-0.2, -0.15) is 0 Å². The Morgan fingerprint density at radius 2 is 2.09 bits per heavy atom. The molecule has 2 saturated heterocycles. The van der Waals surface area contributed by atoms with E-state index < -0.39 is 5.91 Å². The van der Waals surface area contributed by atoms with E-state index in [9.17, 15) is 4.79 Å². The number of pyridine rings is 1. The van der Waals surface area contributed by atoms with Gasteiger partial charge in [0.25, 0.3) is 0 Å². The number of nitrogens with zero attached hydrogens (tertiary/aromatic N) is 4. The second-order valence-corrected chi connectivity index (χ2v) is 6.66. The van der Waals surface area contributed by atoms with Crippen LogP contribution in [-0.2, 0) is 0 Å². The van der Waals surface area contributed by atoms with Gasteiger partial charge in [0.2, 0.25) is 5.91 Å². The lowest BCUT2D eigenvalue weighted by Crippen LogP contribution is -2.50. The number of rotatable bonds is 4. The Balaban J connectivity index is 1.63. The quantitative estimate of drug-likeness (QED) is 0.889. The van der Waals surface area contributed by atoms with E-state index in [1.165, 1.54) is 6.20 Å². The number of carbonyl (C=O) groups excluding carboxylic acids is 1. The smallest absolute Gasteiger partial charge is 0.250 e. The highest BCUT2D eigenvalue weighted by molar-refractivity contribution is 6.33. The molecule has 3 rings (SSSR count). The molecule has 126 valence electrons. The number of nitrogens with two attached hydrogens (primary N) is 1. The zero-order chi connectivity index (χ0) is 16.4. The van der Waals surface area contributed by atoms with E-state index in [-0.39, 0.29) is 0 Å². The van der Waals surface area contributed by atoms with Crippen LogP contribution in [0, 0.1) is 0 Å². The largest absolute Gasteiger partial charge is 0.366 e. The van der Waals surface area contributed by atoms with Crippen molar-refractivity contribution in [3.05, 3.63) is 22.8 Å². The number of primary amides is 1. The third-order valence-corrected chi connectivity index (χ3v) is 5.22. The number of hydrogen-bond donors (Lipinski definition) is 1. The lowest BCUT2D eigenvalue weighted by atomic mass is 10.2. The molecule has 23 heavy (non-hydrogen) atoms. The summed E-state index contributed by atoms with van der Waals surface area (Å²) in [6, 6.07) is 2.17. The van der Waals surface area contributed by atoms with Gasteiger partial charge in [-0.15, -0.1) is 0 Å². The second kappa shape index (κ2) is 7.03. The molecule has 0 saturated carbocycles. The molecular formula is C16H24ClN5O. The van der Waals surface area contributed by atoms with Crippen molar-refractivity contribution in [3.63, 3.8) is 0 Å². The molecule has 1 atom stereocenters. The fourth-order valence-electron chi connectivity index (χ4n) is 3.48. The summed E-state index contributed by atoms with van der Waals surface area (Å²) in [5.41, 5.74) is 5.62. The van der Waals surface area contributed by atoms with Crippen LogP contribution < -0.4 is 10.6 Å². The number of piperazine rings is 1. The number of halogens is 1. The van der Waals surface area contributed by atoms with Gasteiger partial charge < -0.3 is 15.5 Å². The number of likely N-dealkylation sites (N-methyl/N-ethyl adjacent to an activating group) is 1. The topological polar surface area (TPSA) is 65.7 Å². The zero-order valence-electron chi connectivity index (χ0n) is 13.5. The van der Waals surface area contributed by atoms with E-state index in [0.717, 1.165) is 58.1 Å². The second-order valence-electron chi connectivity index (χ2n) is 6.25.